The zero-order chi connectivity index (χ0) is 19.3. The van der Waals surface area contributed by atoms with Crippen LogP contribution >= 0.6 is 0 Å². The van der Waals surface area contributed by atoms with Crippen molar-refractivity contribution in [1.29, 1.82) is 0 Å². The second-order valence-electron chi connectivity index (χ2n) is 8.03. The molecule has 3 heterocycles. The molecule has 0 radical (unpaired) electrons. The van der Waals surface area contributed by atoms with Gasteiger partial charge in [0.1, 0.15) is 0 Å². The predicted molar refractivity (Wildman–Crippen MR) is 103 cm³/mol. The number of nitrogens with one attached hydrogen (secondary N) is 1. The summed E-state index contributed by atoms with van der Waals surface area (Å²) in [5.74, 6) is 0.320. The van der Waals surface area contributed by atoms with Gasteiger partial charge in [-0.3, -0.25) is 9.69 Å². The number of nitrogens with zero attached hydrogens (tertiary/aromatic N) is 3. The van der Waals surface area contributed by atoms with Crippen LogP contribution < -0.4 is 5.32 Å². The van der Waals surface area contributed by atoms with Crippen LogP contribution in [0.1, 0.15) is 32.6 Å². The maximum atomic E-state index is 12.9. The zero-order valence-corrected chi connectivity index (χ0v) is 17.3. The van der Waals surface area contributed by atoms with Gasteiger partial charge in [0.2, 0.25) is 5.91 Å². The van der Waals surface area contributed by atoms with Crippen LogP contribution in [0.4, 0.5) is 0 Å². The molecule has 0 aromatic heterocycles. The fourth-order valence-corrected chi connectivity index (χ4v) is 5.78. The second-order valence-corrected chi connectivity index (χ2v) is 9.96. The van der Waals surface area contributed by atoms with E-state index in [0.29, 0.717) is 38.6 Å². The van der Waals surface area contributed by atoms with Crippen LogP contribution in [0, 0.1) is 11.8 Å². The molecule has 1 unspecified atom stereocenters. The topological polar surface area (TPSA) is 82.2 Å². The second kappa shape index (κ2) is 9.65. The first-order chi connectivity index (χ1) is 13.0. The zero-order valence-electron chi connectivity index (χ0n) is 16.4. The molecule has 3 rings (SSSR count). The molecular weight excluding hydrogens is 368 g/mol. The minimum Gasteiger partial charge on any atom is -0.379 e. The molecule has 156 valence electrons. The summed E-state index contributed by atoms with van der Waals surface area (Å²) in [4.78, 5) is 14.8. The SMILES string of the molecule is CC1CCN(S(=O)(=O)N2CCCC(C(=O)NCCN3CCOCC3)C2)CC1. The molecule has 27 heavy (non-hydrogen) atoms. The molecule has 1 amide bonds. The summed E-state index contributed by atoms with van der Waals surface area (Å²) < 4.78 is 34.3. The quantitative estimate of drug-likeness (QED) is 0.683. The standard InChI is InChI=1S/C18H34N4O4S/c1-16-4-8-21(9-5-16)27(24,25)22-7-2-3-17(15-22)18(23)19-6-10-20-11-13-26-14-12-20/h16-17H,2-15H2,1H3,(H,19,23). The van der Waals surface area contributed by atoms with Crippen molar-refractivity contribution in [2.75, 3.05) is 65.6 Å². The van der Waals surface area contributed by atoms with E-state index in [1.807, 2.05) is 0 Å². The van der Waals surface area contributed by atoms with Crippen LogP contribution in [0.15, 0.2) is 0 Å². The lowest BCUT2D eigenvalue weighted by atomic mass is 9.99. The number of hydrogen-bond acceptors (Lipinski definition) is 5. The Kier molecular flexibility index (Phi) is 7.49. The molecule has 0 aliphatic carbocycles. The maximum absolute atomic E-state index is 12.9. The van der Waals surface area contributed by atoms with Crippen molar-refractivity contribution in [3.8, 4) is 0 Å². The van der Waals surface area contributed by atoms with Crippen LogP contribution in [0.5, 0.6) is 0 Å². The van der Waals surface area contributed by atoms with Gasteiger partial charge in [-0.15, -0.1) is 0 Å². The molecule has 8 nitrogen and oxygen atoms in total. The van der Waals surface area contributed by atoms with Gasteiger partial charge in [-0.1, -0.05) is 6.92 Å². The van der Waals surface area contributed by atoms with Gasteiger partial charge in [-0.25, -0.2) is 0 Å². The third-order valence-electron chi connectivity index (χ3n) is 5.98. The van der Waals surface area contributed by atoms with Gasteiger partial charge in [-0.05, 0) is 31.6 Å². The maximum Gasteiger partial charge on any atom is 0.281 e. The first kappa shape index (κ1) is 21.0. The Labute approximate surface area is 163 Å². The summed E-state index contributed by atoms with van der Waals surface area (Å²) in [6.07, 6.45) is 3.33. The van der Waals surface area contributed by atoms with Crippen LogP contribution in [-0.2, 0) is 19.7 Å². The number of carbonyl (C=O) groups is 1. The molecule has 3 fully saturated rings. The molecule has 1 N–H and O–H groups in total. The number of piperidine rings is 2. The van der Waals surface area contributed by atoms with Crippen molar-refractivity contribution in [3.05, 3.63) is 0 Å². The summed E-state index contributed by atoms with van der Waals surface area (Å²) in [5, 5.41) is 3.00. The Hall–Kier alpha value is -0.740. The minimum absolute atomic E-state index is 0.0181. The number of amides is 1. The highest BCUT2D eigenvalue weighted by molar-refractivity contribution is 7.86. The van der Waals surface area contributed by atoms with Gasteiger partial charge in [-0.2, -0.15) is 17.0 Å². The Balaban J connectivity index is 1.47. The molecule has 0 bridgehead atoms. The first-order valence-electron chi connectivity index (χ1n) is 10.3. The highest BCUT2D eigenvalue weighted by Gasteiger charge is 2.36. The third-order valence-corrected chi connectivity index (χ3v) is 7.98. The first-order valence-corrected chi connectivity index (χ1v) is 11.7. The Morgan fingerprint density at radius 1 is 1.04 bits per heavy atom. The number of rotatable bonds is 6. The largest absolute Gasteiger partial charge is 0.379 e. The molecule has 0 spiro atoms. The van der Waals surface area contributed by atoms with Crippen molar-refractivity contribution in [2.24, 2.45) is 11.8 Å². The van der Waals surface area contributed by atoms with Crippen LogP contribution in [0.2, 0.25) is 0 Å². The van der Waals surface area contributed by atoms with E-state index in [1.165, 1.54) is 4.31 Å². The Bertz CT molecular complexity index is 586. The lowest BCUT2D eigenvalue weighted by Crippen LogP contribution is -2.52. The van der Waals surface area contributed by atoms with Crippen LogP contribution in [0.25, 0.3) is 0 Å². The van der Waals surface area contributed by atoms with E-state index in [1.54, 1.807) is 4.31 Å². The lowest BCUT2D eigenvalue weighted by molar-refractivity contribution is -0.126. The van der Waals surface area contributed by atoms with Crippen LogP contribution in [-0.4, -0.2) is 93.4 Å². The van der Waals surface area contributed by atoms with Crippen molar-refractivity contribution in [2.45, 2.75) is 32.6 Å². The molecule has 3 saturated heterocycles. The summed E-state index contributed by atoms with van der Waals surface area (Å²) in [6, 6.07) is 0. The number of carbonyl (C=O) groups excluding carboxylic acids is 1. The Morgan fingerprint density at radius 3 is 2.44 bits per heavy atom. The minimum atomic E-state index is -3.45. The smallest absolute Gasteiger partial charge is 0.281 e. The molecule has 0 saturated carbocycles. The molecule has 0 aromatic carbocycles. The van der Waals surface area contributed by atoms with Gasteiger partial charge >= 0.3 is 0 Å². The van der Waals surface area contributed by atoms with E-state index in [-0.39, 0.29) is 11.8 Å². The van der Waals surface area contributed by atoms with E-state index >= 15 is 0 Å². The molecule has 0 aromatic rings. The summed E-state index contributed by atoms with van der Waals surface area (Å²) >= 11 is 0. The van der Waals surface area contributed by atoms with Gasteiger partial charge in [0.15, 0.2) is 0 Å². The van der Waals surface area contributed by atoms with Gasteiger partial charge < -0.3 is 10.1 Å². The average molecular weight is 403 g/mol. The molecule has 3 aliphatic rings. The number of ether oxygens (including phenoxy) is 1. The third kappa shape index (κ3) is 5.63. The normalized spacial score (nSPS) is 27.5. The van der Waals surface area contributed by atoms with Gasteiger partial charge in [0.25, 0.3) is 10.2 Å². The Morgan fingerprint density at radius 2 is 1.74 bits per heavy atom. The molecule has 3 aliphatic heterocycles. The summed E-state index contributed by atoms with van der Waals surface area (Å²) in [6.45, 7) is 8.90. The van der Waals surface area contributed by atoms with Crippen molar-refractivity contribution in [1.82, 2.24) is 18.8 Å². The van der Waals surface area contributed by atoms with E-state index in [9.17, 15) is 13.2 Å². The van der Waals surface area contributed by atoms with E-state index in [0.717, 1.165) is 58.5 Å². The predicted octanol–water partition coefficient (Wildman–Crippen LogP) is 0.124. The van der Waals surface area contributed by atoms with E-state index in [4.69, 9.17) is 4.74 Å². The number of hydrogen-bond donors (Lipinski definition) is 1. The van der Waals surface area contributed by atoms with Crippen LogP contribution in [0.3, 0.4) is 0 Å². The van der Waals surface area contributed by atoms with E-state index < -0.39 is 10.2 Å². The van der Waals surface area contributed by atoms with E-state index in [2.05, 4.69) is 17.1 Å². The highest BCUT2D eigenvalue weighted by atomic mass is 32.2. The fraction of sp³-hybridized carbons (Fsp3) is 0.944. The average Bonchev–Trinajstić information content (AvgIpc) is 2.69. The molecule has 1 atom stereocenters. The van der Waals surface area contributed by atoms with Gasteiger partial charge in [0.05, 0.1) is 19.1 Å². The van der Waals surface area contributed by atoms with Crippen molar-refractivity contribution < 1.29 is 17.9 Å². The monoisotopic (exact) mass is 402 g/mol. The fourth-order valence-electron chi connectivity index (χ4n) is 4.05. The van der Waals surface area contributed by atoms with Gasteiger partial charge in [0, 0.05) is 52.4 Å². The molecular formula is C18H34N4O4S. The molecule has 9 heteroatoms. The summed E-state index contributed by atoms with van der Waals surface area (Å²) in [7, 11) is -3.45. The lowest BCUT2D eigenvalue weighted by Gasteiger charge is -2.37. The van der Waals surface area contributed by atoms with Crippen molar-refractivity contribution >= 4 is 16.1 Å². The highest BCUT2D eigenvalue weighted by Crippen LogP contribution is 2.25. The summed E-state index contributed by atoms with van der Waals surface area (Å²) in [5.41, 5.74) is 0. The number of morpholine rings is 1. The van der Waals surface area contributed by atoms with Crippen molar-refractivity contribution in [3.63, 3.8) is 0 Å².